The number of fused-ring (bicyclic) bond motifs is 1. The fourth-order valence-electron chi connectivity index (χ4n) is 1.01. The van der Waals surface area contributed by atoms with Gasteiger partial charge in [0.1, 0.15) is 11.0 Å². The predicted molar refractivity (Wildman–Crippen MR) is 58.4 cm³/mol. The van der Waals surface area contributed by atoms with Gasteiger partial charge < -0.3 is 4.98 Å². The van der Waals surface area contributed by atoms with E-state index in [1.807, 2.05) is 6.26 Å². The van der Waals surface area contributed by atoms with Crippen LogP contribution in [0.2, 0.25) is 5.15 Å². The minimum Gasteiger partial charge on any atom is -0.356 e. The molecule has 2 heterocycles. The molecule has 0 spiro atoms. The van der Waals surface area contributed by atoms with Gasteiger partial charge in [-0.05, 0) is 22.2 Å². The third-order valence-corrected chi connectivity index (χ3v) is 3.02. The molecule has 0 aromatic carbocycles. The van der Waals surface area contributed by atoms with Crippen molar-refractivity contribution < 1.29 is 0 Å². The Morgan fingerprint density at radius 3 is 3.00 bits per heavy atom. The molecule has 2 rings (SSSR count). The van der Waals surface area contributed by atoms with Crippen LogP contribution in [0.5, 0.6) is 0 Å². The summed E-state index contributed by atoms with van der Waals surface area (Å²) in [5.74, 6) is 0. The van der Waals surface area contributed by atoms with Crippen LogP contribution in [0, 0.1) is 0 Å². The van der Waals surface area contributed by atoms with Gasteiger partial charge in [0.25, 0.3) is 0 Å². The number of hydrogen-bond donors (Lipinski definition) is 1. The zero-order valence-corrected chi connectivity index (χ0v) is 9.79. The maximum atomic E-state index is 5.94. The van der Waals surface area contributed by atoms with Gasteiger partial charge in [0.2, 0.25) is 0 Å². The number of aromatic amines is 1. The molecule has 1 N–H and O–H groups in total. The van der Waals surface area contributed by atoms with E-state index >= 15 is 0 Å². The number of halogens is 2. The van der Waals surface area contributed by atoms with Gasteiger partial charge in [0.05, 0.1) is 4.47 Å². The molecule has 0 radical (unpaired) electrons. The minimum absolute atomic E-state index is 0.458. The summed E-state index contributed by atoms with van der Waals surface area (Å²) in [6.45, 7) is 0. The second-order valence-corrected chi connectivity index (χ2v) is 4.35. The molecule has 0 unspecified atom stereocenters. The first kappa shape index (κ1) is 9.30. The fourth-order valence-corrected chi connectivity index (χ4v) is 2.05. The van der Waals surface area contributed by atoms with E-state index in [4.69, 9.17) is 11.6 Å². The first-order valence-corrected chi connectivity index (χ1v) is 5.86. The van der Waals surface area contributed by atoms with Crippen molar-refractivity contribution in [3.05, 3.63) is 15.8 Å². The molecule has 6 heteroatoms. The van der Waals surface area contributed by atoms with Crippen molar-refractivity contribution in [1.82, 2.24) is 15.0 Å². The Labute approximate surface area is 92.4 Å². The smallest absolute Gasteiger partial charge is 0.189 e. The molecule has 0 saturated carbocycles. The van der Waals surface area contributed by atoms with E-state index in [1.54, 1.807) is 6.20 Å². The van der Waals surface area contributed by atoms with E-state index in [0.717, 1.165) is 15.5 Å². The Morgan fingerprint density at radius 2 is 2.31 bits per heavy atom. The van der Waals surface area contributed by atoms with E-state index in [9.17, 15) is 0 Å². The Morgan fingerprint density at radius 1 is 1.54 bits per heavy atom. The van der Waals surface area contributed by atoms with E-state index in [-0.39, 0.29) is 0 Å². The lowest BCUT2D eigenvalue weighted by Gasteiger charge is -1.97. The number of nitrogens with one attached hydrogen (secondary N) is 1. The number of rotatable bonds is 1. The molecule has 0 bridgehead atoms. The van der Waals surface area contributed by atoms with Crippen molar-refractivity contribution in [2.75, 3.05) is 6.26 Å². The zero-order valence-electron chi connectivity index (χ0n) is 6.64. The van der Waals surface area contributed by atoms with Crippen molar-refractivity contribution in [2.45, 2.75) is 5.16 Å². The Hall–Kier alpha value is -0.260. The topological polar surface area (TPSA) is 41.6 Å². The molecule has 68 valence electrons. The monoisotopic (exact) mass is 277 g/mol. The number of hydrogen-bond acceptors (Lipinski definition) is 3. The molecule has 2 aromatic rings. The van der Waals surface area contributed by atoms with E-state index in [0.29, 0.717) is 10.3 Å². The summed E-state index contributed by atoms with van der Waals surface area (Å²) in [4.78, 5) is 11.4. The van der Waals surface area contributed by atoms with Gasteiger partial charge in [-0.3, -0.25) is 0 Å². The molecule has 0 amide bonds. The highest BCUT2D eigenvalue weighted by Gasteiger charge is 2.09. The highest BCUT2D eigenvalue weighted by Crippen LogP contribution is 2.27. The van der Waals surface area contributed by atoms with Crippen LogP contribution in [-0.2, 0) is 0 Å². The number of aromatic nitrogens is 3. The first-order valence-electron chi connectivity index (χ1n) is 3.46. The van der Waals surface area contributed by atoms with Crippen molar-refractivity contribution in [2.24, 2.45) is 0 Å². The Kier molecular flexibility index (Phi) is 2.49. The molecule has 0 atom stereocenters. The van der Waals surface area contributed by atoms with Crippen LogP contribution in [0.15, 0.2) is 15.8 Å². The largest absolute Gasteiger partial charge is 0.356 e. The maximum absolute atomic E-state index is 5.94. The van der Waals surface area contributed by atoms with Crippen molar-refractivity contribution in [3.8, 4) is 0 Å². The molecule has 0 aliphatic rings. The maximum Gasteiger partial charge on any atom is 0.189 e. The first-order chi connectivity index (χ1) is 6.22. The summed E-state index contributed by atoms with van der Waals surface area (Å²) < 4.78 is 0.905. The average molecular weight is 279 g/mol. The summed E-state index contributed by atoms with van der Waals surface area (Å²) >= 11 is 10.8. The Bertz CT molecular complexity index is 456. The molecule has 0 aliphatic heterocycles. The molecule has 2 aromatic heterocycles. The fraction of sp³-hybridized carbons (Fsp3) is 0.143. The lowest BCUT2D eigenvalue weighted by atomic mass is 10.5. The predicted octanol–water partition coefficient (Wildman–Crippen LogP) is 3.10. The van der Waals surface area contributed by atoms with Gasteiger partial charge >= 0.3 is 0 Å². The normalized spacial score (nSPS) is 11.0. The van der Waals surface area contributed by atoms with Gasteiger partial charge in [0, 0.05) is 6.20 Å². The van der Waals surface area contributed by atoms with Crippen molar-refractivity contribution in [1.29, 1.82) is 0 Å². The highest BCUT2D eigenvalue weighted by atomic mass is 79.9. The molecule has 13 heavy (non-hydrogen) atoms. The Balaban J connectivity index is 2.80. The zero-order chi connectivity index (χ0) is 9.42. The van der Waals surface area contributed by atoms with Gasteiger partial charge in [-0.1, -0.05) is 23.4 Å². The average Bonchev–Trinajstić information content (AvgIpc) is 2.48. The molecule has 0 fully saturated rings. The van der Waals surface area contributed by atoms with Gasteiger partial charge in [0.15, 0.2) is 10.3 Å². The van der Waals surface area contributed by atoms with E-state index in [2.05, 4.69) is 30.9 Å². The highest BCUT2D eigenvalue weighted by molar-refractivity contribution is 9.10. The summed E-state index contributed by atoms with van der Waals surface area (Å²) in [5, 5.41) is 1.14. The van der Waals surface area contributed by atoms with Crippen LogP contribution in [-0.4, -0.2) is 21.2 Å². The van der Waals surface area contributed by atoms with Crippen LogP contribution in [0.4, 0.5) is 0 Å². The number of thioether (sulfide) groups is 1. The van der Waals surface area contributed by atoms with Crippen LogP contribution < -0.4 is 0 Å². The van der Waals surface area contributed by atoms with E-state index < -0.39 is 0 Å². The molecular weight excluding hydrogens is 274 g/mol. The lowest BCUT2D eigenvalue weighted by Crippen LogP contribution is -1.87. The summed E-state index contributed by atoms with van der Waals surface area (Å²) in [5.41, 5.74) is 1.59. The van der Waals surface area contributed by atoms with Crippen LogP contribution in [0.1, 0.15) is 0 Å². The van der Waals surface area contributed by atoms with Crippen LogP contribution in [0.3, 0.4) is 0 Å². The van der Waals surface area contributed by atoms with Crippen molar-refractivity contribution >= 4 is 50.3 Å². The summed E-state index contributed by atoms with van der Waals surface area (Å²) in [6.07, 6.45) is 3.72. The molecular formula is C7H5BrClN3S. The van der Waals surface area contributed by atoms with Crippen LogP contribution in [0.25, 0.3) is 11.0 Å². The SMILES string of the molecule is CSc1nc(Cl)c2[nH]cc(Br)c2n1. The third-order valence-electron chi connectivity index (χ3n) is 1.60. The van der Waals surface area contributed by atoms with Crippen LogP contribution >= 0.6 is 39.3 Å². The summed E-state index contributed by atoms with van der Waals surface area (Å²) in [7, 11) is 0. The minimum atomic E-state index is 0.458. The van der Waals surface area contributed by atoms with Crippen molar-refractivity contribution in [3.63, 3.8) is 0 Å². The van der Waals surface area contributed by atoms with Gasteiger partial charge in [-0.25, -0.2) is 9.97 Å². The van der Waals surface area contributed by atoms with Gasteiger partial charge in [-0.2, -0.15) is 0 Å². The molecule has 0 saturated heterocycles. The third kappa shape index (κ3) is 1.56. The quantitative estimate of drug-likeness (QED) is 0.495. The summed E-state index contributed by atoms with van der Waals surface area (Å²) in [6, 6.07) is 0. The molecule has 3 nitrogen and oxygen atoms in total. The number of H-pyrrole nitrogens is 1. The second-order valence-electron chi connectivity index (χ2n) is 2.36. The lowest BCUT2D eigenvalue weighted by molar-refractivity contribution is 1.01. The van der Waals surface area contributed by atoms with Gasteiger partial charge in [-0.15, -0.1) is 0 Å². The van der Waals surface area contributed by atoms with E-state index in [1.165, 1.54) is 11.8 Å². The second kappa shape index (κ2) is 3.48. The number of nitrogens with zero attached hydrogens (tertiary/aromatic N) is 2. The standard InChI is InChI=1S/C7H5BrClN3S/c1-13-7-11-4-3(8)2-10-5(4)6(9)12-7/h2,10H,1H3. The molecule has 0 aliphatic carbocycles.